The first kappa shape index (κ1) is 10.5. The van der Waals surface area contributed by atoms with Gasteiger partial charge in [0.2, 0.25) is 5.91 Å². The lowest BCUT2D eigenvalue weighted by Gasteiger charge is -2.46. The molecule has 1 amide bonds. The minimum absolute atomic E-state index is 0.281. The van der Waals surface area contributed by atoms with Gasteiger partial charge in [-0.1, -0.05) is 18.2 Å². The number of hydrogen-bond donors (Lipinski definition) is 0. The van der Waals surface area contributed by atoms with Gasteiger partial charge in [0.15, 0.2) is 0 Å². The van der Waals surface area contributed by atoms with E-state index >= 15 is 0 Å². The third-order valence-corrected chi connectivity index (χ3v) is 3.84. The topological polar surface area (TPSA) is 37.4 Å². The average Bonchev–Trinajstić information content (AvgIpc) is 2.30. The number of benzene rings is 1. The molecule has 3 nitrogen and oxygen atoms in total. The standard InChI is InChI=1S/C14H15NO2/c16-9-11-3-1-2-10(4-11)7-15-8-12-5-13(6-12)14(15)17/h1-4,9,12-13H,5-8H2. The van der Waals surface area contributed by atoms with Crippen molar-refractivity contribution in [3.8, 4) is 0 Å². The van der Waals surface area contributed by atoms with Gasteiger partial charge in [-0.2, -0.15) is 0 Å². The third kappa shape index (κ3) is 1.86. The van der Waals surface area contributed by atoms with Crippen LogP contribution in [-0.2, 0) is 11.3 Å². The van der Waals surface area contributed by atoms with E-state index in [1.807, 2.05) is 23.1 Å². The van der Waals surface area contributed by atoms with Crippen molar-refractivity contribution >= 4 is 12.2 Å². The van der Waals surface area contributed by atoms with Gasteiger partial charge in [0, 0.05) is 24.6 Å². The molecular weight excluding hydrogens is 214 g/mol. The molecule has 3 fully saturated rings. The summed E-state index contributed by atoms with van der Waals surface area (Å²) < 4.78 is 0. The summed E-state index contributed by atoms with van der Waals surface area (Å²) in [6.45, 7) is 1.54. The van der Waals surface area contributed by atoms with Crippen molar-refractivity contribution in [2.45, 2.75) is 19.4 Å². The number of piperidine rings is 2. The van der Waals surface area contributed by atoms with Gasteiger partial charge < -0.3 is 4.90 Å². The Hall–Kier alpha value is -1.64. The maximum Gasteiger partial charge on any atom is 0.226 e. The van der Waals surface area contributed by atoms with E-state index in [-0.39, 0.29) is 5.92 Å². The smallest absolute Gasteiger partial charge is 0.226 e. The van der Waals surface area contributed by atoms with Crippen molar-refractivity contribution in [3.05, 3.63) is 35.4 Å². The molecule has 1 aromatic rings. The van der Waals surface area contributed by atoms with Crippen molar-refractivity contribution in [1.29, 1.82) is 0 Å². The third-order valence-electron chi connectivity index (χ3n) is 3.84. The zero-order chi connectivity index (χ0) is 11.8. The highest BCUT2D eigenvalue weighted by Gasteiger charge is 2.43. The Bertz CT molecular complexity index is 463. The minimum atomic E-state index is 0.281. The lowest BCUT2D eigenvalue weighted by atomic mass is 9.70. The van der Waals surface area contributed by atoms with Crippen LogP contribution < -0.4 is 0 Å². The average molecular weight is 229 g/mol. The summed E-state index contributed by atoms with van der Waals surface area (Å²) in [4.78, 5) is 24.6. The molecule has 1 saturated carbocycles. The van der Waals surface area contributed by atoms with Gasteiger partial charge in [-0.05, 0) is 30.4 Å². The van der Waals surface area contributed by atoms with Crippen LogP contribution in [0.2, 0.25) is 0 Å². The van der Waals surface area contributed by atoms with Gasteiger partial charge in [0.05, 0.1) is 0 Å². The molecule has 0 atom stereocenters. The van der Waals surface area contributed by atoms with Crippen LogP contribution >= 0.6 is 0 Å². The van der Waals surface area contributed by atoms with Crippen LogP contribution in [0.15, 0.2) is 24.3 Å². The summed E-state index contributed by atoms with van der Waals surface area (Å²) in [6.07, 6.45) is 3.02. The highest BCUT2D eigenvalue weighted by Crippen LogP contribution is 2.40. The van der Waals surface area contributed by atoms with Crippen LogP contribution in [0.25, 0.3) is 0 Å². The number of rotatable bonds is 3. The number of amides is 1. The Kier molecular flexibility index (Phi) is 2.46. The molecule has 0 radical (unpaired) electrons. The highest BCUT2D eigenvalue weighted by molar-refractivity contribution is 5.81. The van der Waals surface area contributed by atoms with Gasteiger partial charge >= 0.3 is 0 Å². The first-order valence-electron chi connectivity index (χ1n) is 6.09. The molecule has 4 rings (SSSR count). The highest BCUT2D eigenvalue weighted by atomic mass is 16.2. The maximum absolute atomic E-state index is 12.0. The second-order valence-corrected chi connectivity index (χ2v) is 5.12. The molecule has 0 N–H and O–H groups in total. The largest absolute Gasteiger partial charge is 0.338 e. The fourth-order valence-electron chi connectivity index (χ4n) is 2.87. The molecule has 0 spiro atoms. The molecule has 1 aromatic carbocycles. The number of aldehydes is 1. The number of nitrogens with zero attached hydrogens (tertiary/aromatic N) is 1. The Balaban J connectivity index is 1.73. The predicted octanol–water partition coefficient (Wildman–Crippen LogP) is 1.87. The van der Waals surface area contributed by atoms with E-state index in [1.165, 1.54) is 0 Å². The fraction of sp³-hybridized carbons (Fsp3) is 0.429. The Morgan fingerprint density at radius 3 is 2.88 bits per heavy atom. The summed E-state index contributed by atoms with van der Waals surface area (Å²) in [5.41, 5.74) is 1.72. The van der Waals surface area contributed by atoms with E-state index in [0.717, 1.165) is 31.2 Å². The summed E-state index contributed by atoms with van der Waals surface area (Å²) in [7, 11) is 0. The summed E-state index contributed by atoms with van der Waals surface area (Å²) in [6, 6.07) is 7.49. The molecule has 2 aliphatic heterocycles. The molecule has 88 valence electrons. The van der Waals surface area contributed by atoms with Crippen molar-refractivity contribution in [3.63, 3.8) is 0 Å². The van der Waals surface area contributed by atoms with E-state index in [4.69, 9.17) is 0 Å². The fourth-order valence-corrected chi connectivity index (χ4v) is 2.87. The predicted molar refractivity (Wildman–Crippen MR) is 63.5 cm³/mol. The summed E-state index contributed by atoms with van der Waals surface area (Å²) >= 11 is 0. The SMILES string of the molecule is O=Cc1cccc(CN2CC3CC(C3)C2=O)c1. The molecule has 1 aliphatic carbocycles. The Morgan fingerprint density at radius 2 is 2.18 bits per heavy atom. The molecular formula is C14H15NO2. The van der Waals surface area contributed by atoms with E-state index in [2.05, 4.69) is 0 Å². The van der Waals surface area contributed by atoms with Gasteiger partial charge in [0.25, 0.3) is 0 Å². The van der Waals surface area contributed by atoms with Crippen molar-refractivity contribution in [2.24, 2.45) is 11.8 Å². The molecule has 3 aliphatic rings. The number of carbonyl (C=O) groups excluding carboxylic acids is 2. The van der Waals surface area contributed by atoms with Crippen LogP contribution in [-0.4, -0.2) is 23.6 Å². The summed E-state index contributed by atoms with van der Waals surface area (Å²) in [5.74, 6) is 1.29. The molecule has 2 saturated heterocycles. The Morgan fingerprint density at radius 1 is 1.35 bits per heavy atom. The number of carbonyl (C=O) groups is 2. The van der Waals surface area contributed by atoms with Crippen LogP contribution in [0, 0.1) is 11.8 Å². The van der Waals surface area contributed by atoms with Gasteiger partial charge in [-0.25, -0.2) is 0 Å². The molecule has 2 heterocycles. The summed E-state index contributed by atoms with van der Waals surface area (Å²) in [5, 5.41) is 0. The number of fused-ring (bicyclic) bond motifs is 2. The second-order valence-electron chi connectivity index (χ2n) is 5.12. The lowest BCUT2D eigenvalue weighted by molar-refractivity contribution is -0.149. The van der Waals surface area contributed by atoms with Gasteiger partial charge in [-0.15, -0.1) is 0 Å². The molecule has 17 heavy (non-hydrogen) atoms. The van der Waals surface area contributed by atoms with Gasteiger partial charge in [-0.3, -0.25) is 9.59 Å². The van der Waals surface area contributed by atoms with Crippen LogP contribution in [0.4, 0.5) is 0 Å². The maximum atomic E-state index is 12.0. The van der Waals surface area contributed by atoms with E-state index in [9.17, 15) is 9.59 Å². The van der Waals surface area contributed by atoms with Gasteiger partial charge in [0.1, 0.15) is 6.29 Å². The first-order valence-corrected chi connectivity index (χ1v) is 6.09. The van der Waals surface area contributed by atoms with Crippen LogP contribution in [0.5, 0.6) is 0 Å². The van der Waals surface area contributed by atoms with Crippen LogP contribution in [0.3, 0.4) is 0 Å². The van der Waals surface area contributed by atoms with Crippen molar-refractivity contribution in [1.82, 2.24) is 4.90 Å². The molecule has 3 heteroatoms. The minimum Gasteiger partial charge on any atom is -0.338 e. The quantitative estimate of drug-likeness (QED) is 0.742. The zero-order valence-corrected chi connectivity index (χ0v) is 9.63. The molecule has 0 unspecified atom stereocenters. The van der Waals surface area contributed by atoms with Crippen LogP contribution in [0.1, 0.15) is 28.8 Å². The van der Waals surface area contributed by atoms with E-state index < -0.39 is 0 Å². The first-order chi connectivity index (χ1) is 8.26. The van der Waals surface area contributed by atoms with E-state index in [0.29, 0.717) is 23.9 Å². The van der Waals surface area contributed by atoms with Crippen molar-refractivity contribution < 1.29 is 9.59 Å². The Labute approximate surface area is 100 Å². The van der Waals surface area contributed by atoms with Crippen molar-refractivity contribution in [2.75, 3.05) is 6.54 Å². The molecule has 2 bridgehead atoms. The number of hydrogen-bond acceptors (Lipinski definition) is 2. The normalized spacial score (nSPS) is 26.6. The van der Waals surface area contributed by atoms with E-state index in [1.54, 1.807) is 6.07 Å². The monoisotopic (exact) mass is 229 g/mol. The molecule has 0 aromatic heterocycles. The second kappa shape index (κ2) is 3.99. The zero-order valence-electron chi connectivity index (χ0n) is 9.63. The lowest BCUT2D eigenvalue weighted by Crippen LogP contribution is -2.52.